The predicted octanol–water partition coefficient (Wildman–Crippen LogP) is 2.58. The molecule has 3 rings (SSSR count). The monoisotopic (exact) mass is 328 g/mol. The van der Waals surface area contributed by atoms with Crippen LogP contribution in [0.15, 0.2) is 36.4 Å². The Labute approximate surface area is 142 Å². The van der Waals surface area contributed by atoms with E-state index in [0.29, 0.717) is 18.8 Å². The van der Waals surface area contributed by atoms with Gasteiger partial charge in [0.15, 0.2) is 0 Å². The van der Waals surface area contributed by atoms with Gasteiger partial charge in [-0.2, -0.15) is 5.10 Å². The van der Waals surface area contributed by atoms with Gasteiger partial charge in [-0.25, -0.2) is 4.68 Å². The summed E-state index contributed by atoms with van der Waals surface area (Å²) in [6, 6.07) is 12.0. The first-order chi connectivity index (χ1) is 11.6. The van der Waals surface area contributed by atoms with Crippen molar-refractivity contribution < 1.29 is 9.53 Å². The van der Waals surface area contributed by atoms with Gasteiger partial charge in [-0.15, -0.1) is 0 Å². The Morgan fingerprint density at radius 2 is 2.12 bits per heavy atom. The molecule has 1 fully saturated rings. The molecule has 3 N–H and O–H groups in total. The van der Waals surface area contributed by atoms with Crippen molar-refractivity contribution >= 4 is 11.7 Å². The lowest BCUT2D eigenvalue weighted by Crippen LogP contribution is -2.30. The third kappa shape index (κ3) is 3.49. The first kappa shape index (κ1) is 16.7. The van der Waals surface area contributed by atoms with Crippen molar-refractivity contribution in [1.82, 2.24) is 9.78 Å². The van der Waals surface area contributed by atoms with Gasteiger partial charge in [0.1, 0.15) is 11.9 Å². The fourth-order valence-electron chi connectivity index (χ4n) is 2.91. The minimum atomic E-state index is -0.436. The summed E-state index contributed by atoms with van der Waals surface area (Å²) >= 11 is 0. The van der Waals surface area contributed by atoms with Crippen molar-refractivity contribution in [2.75, 3.05) is 11.9 Å². The van der Waals surface area contributed by atoms with Crippen molar-refractivity contribution in [2.45, 2.75) is 44.9 Å². The number of anilines is 1. The standard InChI is InChI=1S/C18H24N4O2/c1-12(2)22-17(10-15(21-22)13-6-4-3-5-7-13)20-18(23)16-9-8-14(11-19)24-16/h3-7,10,12,14,16H,8-9,11,19H2,1-2H3,(H,20,23)/t14-,16+/m1/s1. The van der Waals surface area contributed by atoms with E-state index in [-0.39, 0.29) is 18.1 Å². The second-order valence-electron chi connectivity index (χ2n) is 6.37. The van der Waals surface area contributed by atoms with Gasteiger partial charge in [0.05, 0.1) is 11.8 Å². The number of hydrogen-bond acceptors (Lipinski definition) is 4. The molecule has 128 valence electrons. The van der Waals surface area contributed by atoms with Gasteiger partial charge in [0.2, 0.25) is 0 Å². The molecule has 0 unspecified atom stereocenters. The van der Waals surface area contributed by atoms with Crippen LogP contribution in [-0.2, 0) is 9.53 Å². The number of ether oxygens (including phenoxy) is 1. The summed E-state index contributed by atoms with van der Waals surface area (Å²) in [5, 5.41) is 7.60. The van der Waals surface area contributed by atoms with E-state index >= 15 is 0 Å². The van der Waals surface area contributed by atoms with E-state index in [0.717, 1.165) is 17.7 Å². The summed E-state index contributed by atoms with van der Waals surface area (Å²) in [6.45, 7) is 4.52. The maximum atomic E-state index is 12.5. The largest absolute Gasteiger partial charge is 0.364 e. The molecule has 0 spiro atoms. The molecule has 1 aliphatic heterocycles. The number of nitrogens with zero attached hydrogens (tertiary/aromatic N) is 2. The van der Waals surface area contributed by atoms with E-state index in [1.54, 1.807) is 0 Å². The molecule has 0 saturated carbocycles. The van der Waals surface area contributed by atoms with Crippen molar-refractivity contribution in [3.63, 3.8) is 0 Å². The molecule has 2 atom stereocenters. The zero-order valence-corrected chi connectivity index (χ0v) is 14.1. The minimum Gasteiger partial charge on any atom is -0.364 e. The molecular formula is C18H24N4O2. The molecule has 1 saturated heterocycles. The van der Waals surface area contributed by atoms with Crippen molar-refractivity contribution in [2.24, 2.45) is 5.73 Å². The van der Waals surface area contributed by atoms with E-state index in [4.69, 9.17) is 10.5 Å². The second kappa shape index (κ2) is 7.15. The summed E-state index contributed by atoms with van der Waals surface area (Å²) in [5.74, 6) is 0.556. The molecule has 0 bridgehead atoms. The normalized spacial score (nSPS) is 20.5. The van der Waals surface area contributed by atoms with Gasteiger partial charge >= 0.3 is 0 Å². The third-order valence-corrected chi connectivity index (χ3v) is 4.21. The van der Waals surface area contributed by atoms with E-state index in [9.17, 15) is 4.79 Å². The van der Waals surface area contributed by atoms with Crippen molar-refractivity contribution in [1.29, 1.82) is 0 Å². The summed E-state index contributed by atoms with van der Waals surface area (Å²) in [4.78, 5) is 12.5. The number of carbonyl (C=O) groups is 1. The minimum absolute atomic E-state index is 0.0179. The van der Waals surface area contributed by atoms with Crippen LogP contribution < -0.4 is 11.1 Å². The number of rotatable bonds is 5. The number of carbonyl (C=O) groups excluding carboxylic acids is 1. The molecule has 1 amide bonds. The van der Waals surface area contributed by atoms with Crippen LogP contribution in [0.1, 0.15) is 32.7 Å². The lowest BCUT2D eigenvalue weighted by Gasteiger charge is -2.15. The quantitative estimate of drug-likeness (QED) is 0.884. The zero-order chi connectivity index (χ0) is 17.1. The molecule has 1 aliphatic rings. The Morgan fingerprint density at radius 3 is 2.75 bits per heavy atom. The fourth-order valence-corrected chi connectivity index (χ4v) is 2.91. The highest BCUT2D eigenvalue weighted by Gasteiger charge is 2.30. The maximum Gasteiger partial charge on any atom is 0.254 e. The van der Waals surface area contributed by atoms with Crippen LogP contribution in [0, 0.1) is 0 Å². The van der Waals surface area contributed by atoms with Gasteiger partial charge in [0.25, 0.3) is 5.91 Å². The molecule has 2 aromatic rings. The first-order valence-electron chi connectivity index (χ1n) is 8.40. The topological polar surface area (TPSA) is 82.2 Å². The molecule has 24 heavy (non-hydrogen) atoms. The zero-order valence-electron chi connectivity index (χ0n) is 14.1. The van der Waals surface area contributed by atoms with Gasteiger partial charge in [-0.05, 0) is 26.7 Å². The van der Waals surface area contributed by atoms with E-state index < -0.39 is 6.10 Å². The number of aromatic nitrogens is 2. The van der Waals surface area contributed by atoms with Crippen LogP contribution in [0.4, 0.5) is 5.82 Å². The van der Waals surface area contributed by atoms with E-state index in [2.05, 4.69) is 10.4 Å². The van der Waals surface area contributed by atoms with Gasteiger partial charge in [-0.1, -0.05) is 30.3 Å². The molecule has 1 aromatic heterocycles. The Kier molecular flexibility index (Phi) is 4.97. The van der Waals surface area contributed by atoms with Crippen LogP contribution >= 0.6 is 0 Å². The van der Waals surface area contributed by atoms with Crippen LogP contribution in [0.2, 0.25) is 0 Å². The van der Waals surface area contributed by atoms with Gasteiger partial charge in [-0.3, -0.25) is 4.79 Å². The van der Waals surface area contributed by atoms with Crippen LogP contribution in [0.5, 0.6) is 0 Å². The second-order valence-corrected chi connectivity index (χ2v) is 6.37. The molecule has 6 nitrogen and oxygen atoms in total. The lowest BCUT2D eigenvalue weighted by molar-refractivity contribution is -0.126. The van der Waals surface area contributed by atoms with Crippen LogP contribution in [-0.4, -0.2) is 34.4 Å². The summed E-state index contributed by atoms with van der Waals surface area (Å²) in [5.41, 5.74) is 7.47. The summed E-state index contributed by atoms with van der Waals surface area (Å²) in [7, 11) is 0. The molecule has 0 aliphatic carbocycles. The van der Waals surface area contributed by atoms with Gasteiger partial charge in [0, 0.05) is 24.2 Å². The highest BCUT2D eigenvalue weighted by atomic mass is 16.5. The van der Waals surface area contributed by atoms with Crippen molar-refractivity contribution in [3.8, 4) is 11.3 Å². The Balaban J connectivity index is 1.79. The van der Waals surface area contributed by atoms with E-state index in [1.165, 1.54) is 0 Å². The van der Waals surface area contributed by atoms with E-state index in [1.807, 2.05) is 54.9 Å². The Morgan fingerprint density at radius 1 is 1.38 bits per heavy atom. The number of nitrogens with one attached hydrogen (secondary N) is 1. The highest BCUT2D eigenvalue weighted by molar-refractivity contribution is 5.94. The number of nitrogens with two attached hydrogens (primary N) is 1. The highest BCUT2D eigenvalue weighted by Crippen LogP contribution is 2.26. The average Bonchev–Trinajstić information content (AvgIpc) is 3.22. The summed E-state index contributed by atoms with van der Waals surface area (Å²) < 4.78 is 7.50. The third-order valence-electron chi connectivity index (χ3n) is 4.21. The smallest absolute Gasteiger partial charge is 0.254 e. The molecule has 1 aromatic carbocycles. The first-order valence-corrected chi connectivity index (χ1v) is 8.40. The maximum absolute atomic E-state index is 12.5. The lowest BCUT2D eigenvalue weighted by atomic mass is 10.1. The van der Waals surface area contributed by atoms with Gasteiger partial charge < -0.3 is 15.8 Å². The molecule has 0 radical (unpaired) electrons. The predicted molar refractivity (Wildman–Crippen MR) is 93.6 cm³/mol. The SMILES string of the molecule is CC(C)n1nc(-c2ccccc2)cc1NC(=O)[C@@H]1CC[C@H](CN)O1. The number of hydrogen-bond donors (Lipinski definition) is 2. The van der Waals surface area contributed by atoms with Crippen molar-refractivity contribution in [3.05, 3.63) is 36.4 Å². The number of benzene rings is 1. The summed E-state index contributed by atoms with van der Waals surface area (Å²) in [6.07, 6.45) is 1.08. The van der Waals surface area contributed by atoms with Crippen LogP contribution in [0.25, 0.3) is 11.3 Å². The molecule has 6 heteroatoms. The molecular weight excluding hydrogens is 304 g/mol. The van der Waals surface area contributed by atoms with Crippen LogP contribution in [0.3, 0.4) is 0 Å². The fraction of sp³-hybridized carbons (Fsp3) is 0.444. The Bertz CT molecular complexity index is 696. The Hall–Kier alpha value is -2.18. The number of amides is 1. The molecule has 2 heterocycles. The average molecular weight is 328 g/mol.